The van der Waals surface area contributed by atoms with Gasteiger partial charge in [0.05, 0.1) is 0 Å². The zero-order valence-electron chi connectivity index (χ0n) is 14.9. The number of rotatable bonds is 3. The largest absolute Gasteiger partial charge is 0.454 e. The van der Waals surface area contributed by atoms with E-state index in [1.165, 1.54) is 11.1 Å². The van der Waals surface area contributed by atoms with E-state index in [1.54, 1.807) is 18.2 Å². The zero-order valence-corrected chi connectivity index (χ0v) is 14.9. The highest BCUT2D eigenvalue weighted by Crippen LogP contribution is 2.49. The Bertz CT molecular complexity index is 936. The second-order valence-corrected chi connectivity index (χ2v) is 7.35. The van der Waals surface area contributed by atoms with Crippen molar-refractivity contribution in [2.75, 3.05) is 18.7 Å². The predicted octanol–water partition coefficient (Wildman–Crippen LogP) is 2.72. The molecule has 1 aliphatic carbocycles. The van der Waals surface area contributed by atoms with Crippen LogP contribution in [0.1, 0.15) is 24.0 Å². The molecule has 2 heterocycles. The Hall–Kier alpha value is -3.02. The van der Waals surface area contributed by atoms with E-state index in [2.05, 4.69) is 17.4 Å². The maximum absolute atomic E-state index is 13.1. The first-order valence-electron chi connectivity index (χ1n) is 9.23. The Morgan fingerprint density at radius 3 is 2.59 bits per heavy atom. The molecule has 138 valence electrons. The summed E-state index contributed by atoms with van der Waals surface area (Å²) in [6.07, 6.45) is 2.03. The third-order valence-electron chi connectivity index (χ3n) is 5.64. The molecule has 6 heteroatoms. The third kappa shape index (κ3) is 2.72. The maximum atomic E-state index is 13.1. The standard InChI is InChI=1S/C21H20N2O4/c24-19(22-16-5-6-17-18(11-16)27-13-26-17)21(8-9-21)20(25)23-10-7-14-3-1-2-4-15(14)12-23/h1-6,11H,7-10,12-13H2,(H,22,24). The normalized spacial score (nSPS) is 18.6. The molecule has 2 aliphatic heterocycles. The van der Waals surface area contributed by atoms with Crippen LogP contribution >= 0.6 is 0 Å². The monoisotopic (exact) mass is 364 g/mol. The average molecular weight is 364 g/mol. The SMILES string of the molecule is O=C(Nc1ccc2c(c1)OCO2)C1(C(=O)N2CCc3ccccc3C2)CC1. The minimum absolute atomic E-state index is 0.0600. The van der Waals surface area contributed by atoms with Crippen molar-refractivity contribution in [1.82, 2.24) is 4.90 Å². The molecule has 0 saturated heterocycles. The molecule has 3 aliphatic rings. The first kappa shape index (κ1) is 16.2. The predicted molar refractivity (Wildman–Crippen MR) is 98.4 cm³/mol. The molecule has 1 fully saturated rings. The van der Waals surface area contributed by atoms with Crippen LogP contribution in [0.3, 0.4) is 0 Å². The van der Waals surface area contributed by atoms with Crippen molar-refractivity contribution >= 4 is 17.5 Å². The van der Waals surface area contributed by atoms with Crippen molar-refractivity contribution in [3.8, 4) is 11.5 Å². The van der Waals surface area contributed by atoms with Gasteiger partial charge in [0.15, 0.2) is 11.5 Å². The van der Waals surface area contributed by atoms with Gasteiger partial charge in [-0.25, -0.2) is 0 Å². The Morgan fingerprint density at radius 2 is 1.78 bits per heavy atom. The highest BCUT2D eigenvalue weighted by atomic mass is 16.7. The summed E-state index contributed by atoms with van der Waals surface area (Å²) in [5.74, 6) is 0.981. The van der Waals surface area contributed by atoms with Gasteiger partial charge in [-0.3, -0.25) is 9.59 Å². The van der Waals surface area contributed by atoms with Gasteiger partial charge in [0.2, 0.25) is 18.6 Å². The fourth-order valence-corrected chi connectivity index (χ4v) is 3.86. The number of fused-ring (bicyclic) bond motifs is 2. The lowest BCUT2D eigenvalue weighted by atomic mass is 9.97. The van der Waals surface area contributed by atoms with Crippen LogP contribution in [0.15, 0.2) is 42.5 Å². The number of carbonyl (C=O) groups excluding carboxylic acids is 2. The van der Waals surface area contributed by atoms with E-state index in [1.807, 2.05) is 17.0 Å². The zero-order chi connectivity index (χ0) is 18.4. The van der Waals surface area contributed by atoms with Gasteiger partial charge >= 0.3 is 0 Å². The van der Waals surface area contributed by atoms with Crippen LogP contribution in [0, 0.1) is 5.41 Å². The number of benzene rings is 2. The van der Waals surface area contributed by atoms with Gasteiger partial charge in [-0.1, -0.05) is 24.3 Å². The Morgan fingerprint density at radius 1 is 1.00 bits per heavy atom. The van der Waals surface area contributed by atoms with Crippen LogP contribution in [-0.2, 0) is 22.6 Å². The highest BCUT2D eigenvalue weighted by Gasteiger charge is 2.58. The summed E-state index contributed by atoms with van der Waals surface area (Å²) in [5.41, 5.74) is 2.15. The second kappa shape index (κ2) is 6.01. The number of nitrogens with zero attached hydrogens (tertiary/aromatic N) is 1. The maximum Gasteiger partial charge on any atom is 0.240 e. The number of hydrogen-bond donors (Lipinski definition) is 1. The van der Waals surface area contributed by atoms with Crippen molar-refractivity contribution in [2.45, 2.75) is 25.8 Å². The number of ether oxygens (including phenoxy) is 2. The van der Waals surface area contributed by atoms with Crippen LogP contribution in [0.5, 0.6) is 11.5 Å². The summed E-state index contributed by atoms with van der Waals surface area (Å²) in [6.45, 7) is 1.43. The smallest absolute Gasteiger partial charge is 0.240 e. The summed E-state index contributed by atoms with van der Waals surface area (Å²) < 4.78 is 10.6. The summed E-state index contributed by atoms with van der Waals surface area (Å²) in [4.78, 5) is 27.9. The molecule has 0 unspecified atom stereocenters. The van der Waals surface area contributed by atoms with Gasteiger partial charge < -0.3 is 19.7 Å². The number of hydrogen-bond acceptors (Lipinski definition) is 4. The molecule has 2 aromatic rings. The first-order valence-corrected chi connectivity index (χ1v) is 9.23. The number of nitrogens with one attached hydrogen (secondary N) is 1. The second-order valence-electron chi connectivity index (χ2n) is 7.35. The Balaban J connectivity index is 1.31. The lowest BCUT2D eigenvalue weighted by Crippen LogP contribution is -2.45. The van der Waals surface area contributed by atoms with Gasteiger partial charge in [-0.2, -0.15) is 0 Å². The summed E-state index contributed by atoms with van der Waals surface area (Å²) >= 11 is 0. The molecule has 27 heavy (non-hydrogen) atoms. The number of anilines is 1. The van der Waals surface area contributed by atoms with E-state index in [0.717, 1.165) is 6.42 Å². The fourth-order valence-electron chi connectivity index (χ4n) is 3.86. The molecule has 2 aromatic carbocycles. The van der Waals surface area contributed by atoms with E-state index in [4.69, 9.17) is 9.47 Å². The summed E-state index contributed by atoms with van der Waals surface area (Å²) in [7, 11) is 0. The van der Waals surface area contributed by atoms with Crippen LogP contribution < -0.4 is 14.8 Å². The van der Waals surface area contributed by atoms with E-state index < -0.39 is 5.41 Å². The van der Waals surface area contributed by atoms with Crippen LogP contribution in [0.2, 0.25) is 0 Å². The molecular formula is C21H20N2O4. The molecule has 5 rings (SSSR count). The topological polar surface area (TPSA) is 67.9 Å². The minimum Gasteiger partial charge on any atom is -0.454 e. The first-order chi connectivity index (χ1) is 13.2. The minimum atomic E-state index is -0.928. The summed E-state index contributed by atoms with van der Waals surface area (Å²) in [5, 5.41) is 2.89. The van der Waals surface area contributed by atoms with E-state index >= 15 is 0 Å². The summed E-state index contributed by atoms with van der Waals surface area (Å²) in [6, 6.07) is 13.4. The number of amides is 2. The Kier molecular flexibility index (Phi) is 3.60. The average Bonchev–Trinajstić information content (AvgIpc) is 3.39. The quantitative estimate of drug-likeness (QED) is 0.851. The van der Waals surface area contributed by atoms with Gasteiger partial charge in [-0.15, -0.1) is 0 Å². The van der Waals surface area contributed by atoms with E-state index in [9.17, 15) is 9.59 Å². The van der Waals surface area contributed by atoms with Crippen molar-refractivity contribution in [3.63, 3.8) is 0 Å². The molecule has 2 amide bonds. The van der Waals surface area contributed by atoms with Crippen molar-refractivity contribution in [3.05, 3.63) is 53.6 Å². The molecule has 0 atom stereocenters. The lowest BCUT2D eigenvalue weighted by Gasteiger charge is -2.31. The van der Waals surface area contributed by atoms with Crippen molar-refractivity contribution in [1.29, 1.82) is 0 Å². The molecule has 0 spiro atoms. The van der Waals surface area contributed by atoms with Gasteiger partial charge in [0, 0.05) is 24.8 Å². The highest BCUT2D eigenvalue weighted by molar-refractivity contribution is 6.13. The fraction of sp³-hybridized carbons (Fsp3) is 0.333. The third-order valence-corrected chi connectivity index (χ3v) is 5.64. The lowest BCUT2D eigenvalue weighted by molar-refractivity contribution is -0.143. The van der Waals surface area contributed by atoms with Gasteiger partial charge in [0.25, 0.3) is 0 Å². The Labute approximate surface area is 157 Å². The van der Waals surface area contributed by atoms with Gasteiger partial charge in [0.1, 0.15) is 5.41 Å². The van der Waals surface area contributed by atoms with Crippen LogP contribution in [0.4, 0.5) is 5.69 Å². The molecule has 0 bridgehead atoms. The number of carbonyl (C=O) groups is 2. The van der Waals surface area contributed by atoms with Crippen LogP contribution in [0.25, 0.3) is 0 Å². The van der Waals surface area contributed by atoms with Crippen LogP contribution in [-0.4, -0.2) is 30.1 Å². The molecule has 0 aromatic heterocycles. The van der Waals surface area contributed by atoms with Gasteiger partial charge in [-0.05, 0) is 42.5 Å². The van der Waals surface area contributed by atoms with Crippen molar-refractivity contribution < 1.29 is 19.1 Å². The van der Waals surface area contributed by atoms with E-state index in [0.29, 0.717) is 43.1 Å². The molecule has 6 nitrogen and oxygen atoms in total. The molecular weight excluding hydrogens is 344 g/mol. The molecule has 1 saturated carbocycles. The van der Waals surface area contributed by atoms with Crippen molar-refractivity contribution in [2.24, 2.45) is 5.41 Å². The molecule has 0 radical (unpaired) electrons. The molecule has 1 N–H and O–H groups in total. The van der Waals surface area contributed by atoms with E-state index in [-0.39, 0.29) is 18.6 Å².